The summed E-state index contributed by atoms with van der Waals surface area (Å²) in [5, 5.41) is 0.000498. The van der Waals surface area contributed by atoms with Gasteiger partial charge in [0.05, 0.1) is 23.1 Å². The van der Waals surface area contributed by atoms with E-state index < -0.39 is 65.1 Å². The van der Waals surface area contributed by atoms with Crippen LogP contribution in [0.3, 0.4) is 0 Å². The summed E-state index contributed by atoms with van der Waals surface area (Å²) >= 11 is 3.78. The van der Waals surface area contributed by atoms with E-state index in [0.717, 1.165) is 74.9 Å². The summed E-state index contributed by atoms with van der Waals surface area (Å²) in [6, 6.07) is 18.5. The summed E-state index contributed by atoms with van der Waals surface area (Å²) in [6.07, 6.45) is 5.73. The maximum atomic E-state index is 15.0. The summed E-state index contributed by atoms with van der Waals surface area (Å²) in [5.41, 5.74) is 3.31. The summed E-state index contributed by atoms with van der Waals surface area (Å²) in [6.45, 7) is 3.64. The van der Waals surface area contributed by atoms with Gasteiger partial charge in [0.2, 0.25) is 10.3 Å². The molecule has 0 spiro atoms. The normalized spacial score (nSPS) is 14.3. The van der Waals surface area contributed by atoms with Crippen LogP contribution < -0.4 is 21.0 Å². The zero-order valence-electron chi connectivity index (χ0n) is 31.7. The number of sulfonamides is 2. The molecule has 316 valence electrons. The Balaban J connectivity index is 0.000000169. The molecule has 1 fully saturated rings. The highest BCUT2D eigenvalue weighted by molar-refractivity contribution is 14.1. The Labute approximate surface area is 366 Å². The van der Waals surface area contributed by atoms with Crippen LogP contribution in [-0.4, -0.2) is 44.7 Å². The van der Waals surface area contributed by atoms with Crippen molar-refractivity contribution in [3.8, 4) is 0 Å². The first kappa shape index (κ1) is 42.3. The average molecular weight is 1020 g/mol. The van der Waals surface area contributed by atoms with Crippen LogP contribution in [0.4, 0.5) is 19.0 Å². The molecule has 1 aliphatic rings. The van der Waals surface area contributed by atoms with E-state index in [1.54, 1.807) is 6.92 Å². The monoisotopic (exact) mass is 1020 g/mol. The number of anilines is 2. The van der Waals surface area contributed by atoms with E-state index in [1.807, 2.05) is 49.4 Å². The van der Waals surface area contributed by atoms with Gasteiger partial charge in [-0.3, -0.25) is 18.6 Å². The Morgan fingerprint density at radius 1 is 0.721 bits per heavy atom. The fourth-order valence-electron chi connectivity index (χ4n) is 7.07. The van der Waals surface area contributed by atoms with E-state index in [-0.39, 0.29) is 32.5 Å². The minimum Gasteiger partial charge on any atom is -0.408 e. The fourth-order valence-corrected chi connectivity index (χ4v) is 11.4. The largest absolute Gasteiger partial charge is 0.420 e. The molecule has 61 heavy (non-hydrogen) atoms. The minimum absolute atomic E-state index is 0.00389. The number of nitrogens with one attached hydrogen (secondary N) is 2. The molecular formula is C38H31F2IN8O8S4. The molecule has 4 aromatic heterocycles. The van der Waals surface area contributed by atoms with Gasteiger partial charge in [-0.05, 0) is 78.0 Å². The molecule has 1 saturated carbocycles. The van der Waals surface area contributed by atoms with Gasteiger partial charge >= 0.3 is 11.5 Å². The van der Waals surface area contributed by atoms with Crippen LogP contribution in [-0.2, 0) is 20.0 Å². The minimum atomic E-state index is -4.28. The van der Waals surface area contributed by atoms with Crippen molar-refractivity contribution in [1.82, 2.24) is 27.8 Å². The molecule has 0 saturated heterocycles. The second-order valence-electron chi connectivity index (χ2n) is 13.8. The van der Waals surface area contributed by atoms with Gasteiger partial charge in [-0.1, -0.05) is 48.9 Å². The lowest BCUT2D eigenvalue weighted by atomic mass is 9.77. The number of benzene rings is 4. The smallest absolute Gasteiger partial charge is 0.408 e. The van der Waals surface area contributed by atoms with Crippen molar-refractivity contribution in [3.05, 3.63) is 138 Å². The van der Waals surface area contributed by atoms with Crippen molar-refractivity contribution in [3.63, 3.8) is 0 Å². The molecule has 2 N–H and O–H groups in total. The van der Waals surface area contributed by atoms with E-state index >= 15 is 0 Å². The van der Waals surface area contributed by atoms with Gasteiger partial charge in [-0.25, -0.2) is 45.2 Å². The Morgan fingerprint density at radius 3 is 1.62 bits per heavy atom. The van der Waals surface area contributed by atoms with Gasteiger partial charge in [-0.15, -0.1) is 0 Å². The molecule has 0 aliphatic heterocycles. The maximum absolute atomic E-state index is 15.0. The summed E-state index contributed by atoms with van der Waals surface area (Å²) in [5.74, 6) is -2.95. The van der Waals surface area contributed by atoms with Crippen LogP contribution in [0, 0.1) is 15.2 Å². The standard InChI is InChI=1S/C21H19FN4O4S2.C17H12FIN4O4S2/c1-12(14-7-2-3-8-15(14)13-5-4-6-13)26-17-9-16(22)19(10-18(17)30-21(26)27)32(28,29)25-20-23-11-24-31-20;1-9(10-4-2-3-5-12(10)19)23-13-6-11(18)15(7-14(13)27-17(23)24)29(25,26)22-16-20-8-21-28-16/h2-3,7-13H,4-6H2,1H3,(H,23,24,25);2-9H,1H3,(H,20,21,22)/t12-;9-/m11/s1. The molecule has 0 bridgehead atoms. The van der Waals surface area contributed by atoms with Gasteiger partial charge in [0.15, 0.2) is 11.2 Å². The number of halogens is 3. The van der Waals surface area contributed by atoms with Gasteiger partial charge in [0.1, 0.15) is 34.1 Å². The third-order valence-electron chi connectivity index (χ3n) is 10.2. The second kappa shape index (κ2) is 16.8. The molecule has 0 radical (unpaired) electrons. The Hall–Kier alpha value is -5.37. The van der Waals surface area contributed by atoms with Crippen LogP contribution in [0.1, 0.15) is 67.8 Å². The number of rotatable bonds is 11. The molecule has 2 atom stereocenters. The topological polar surface area (TPSA) is 214 Å². The molecule has 4 aromatic carbocycles. The highest BCUT2D eigenvalue weighted by Crippen LogP contribution is 2.40. The molecule has 8 aromatic rings. The first-order chi connectivity index (χ1) is 29.1. The van der Waals surface area contributed by atoms with E-state index in [9.17, 15) is 35.2 Å². The van der Waals surface area contributed by atoms with Crippen LogP contribution in [0.2, 0.25) is 0 Å². The third kappa shape index (κ3) is 8.35. The number of aromatic nitrogens is 6. The molecule has 23 heteroatoms. The Bertz CT molecular complexity index is 3260. The number of hydrogen-bond donors (Lipinski definition) is 2. The number of nitrogens with zero attached hydrogens (tertiary/aromatic N) is 6. The van der Waals surface area contributed by atoms with Gasteiger partial charge in [0, 0.05) is 50.9 Å². The summed E-state index contributed by atoms with van der Waals surface area (Å²) < 4.78 is 106. The number of hydrogen-bond acceptors (Lipinski definition) is 14. The summed E-state index contributed by atoms with van der Waals surface area (Å²) in [7, 11) is -8.56. The number of oxazole rings is 2. The molecule has 16 nitrogen and oxygen atoms in total. The van der Waals surface area contributed by atoms with Crippen LogP contribution in [0.15, 0.2) is 114 Å². The Kier molecular flexibility index (Phi) is 11.7. The maximum Gasteiger partial charge on any atom is 0.420 e. The molecule has 4 heterocycles. The molecule has 1 aliphatic carbocycles. The van der Waals surface area contributed by atoms with Crippen molar-refractivity contribution >= 4 is 98.2 Å². The average Bonchev–Trinajstić information content (AvgIpc) is 4.01. The van der Waals surface area contributed by atoms with Gasteiger partial charge in [-0.2, -0.15) is 8.75 Å². The van der Waals surface area contributed by atoms with Crippen molar-refractivity contribution in [2.75, 3.05) is 9.44 Å². The quantitative estimate of drug-likeness (QED) is 0.119. The number of fused-ring (bicyclic) bond motifs is 2. The highest BCUT2D eigenvalue weighted by Gasteiger charge is 2.29. The van der Waals surface area contributed by atoms with E-state index in [4.69, 9.17) is 8.83 Å². The molecule has 9 rings (SSSR count). The van der Waals surface area contributed by atoms with Crippen molar-refractivity contribution in [2.45, 2.75) is 60.9 Å². The first-order valence-electron chi connectivity index (χ1n) is 18.2. The van der Waals surface area contributed by atoms with Gasteiger partial charge < -0.3 is 8.83 Å². The van der Waals surface area contributed by atoms with Crippen molar-refractivity contribution < 1.29 is 34.5 Å². The van der Waals surface area contributed by atoms with Crippen LogP contribution in [0.25, 0.3) is 22.2 Å². The van der Waals surface area contributed by atoms with Crippen molar-refractivity contribution in [1.29, 1.82) is 0 Å². The second-order valence-corrected chi connectivity index (χ2v) is 19.8. The van der Waals surface area contributed by atoms with Crippen LogP contribution in [0.5, 0.6) is 0 Å². The third-order valence-corrected chi connectivity index (χ3v) is 15.3. The zero-order chi connectivity index (χ0) is 43.2. The van der Waals surface area contributed by atoms with Gasteiger partial charge in [0.25, 0.3) is 20.0 Å². The Morgan fingerprint density at radius 2 is 1.18 bits per heavy atom. The molecule has 0 amide bonds. The lowest BCUT2D eigenvalue weighted by molar-refractivity contribution is 0.412. The fraction of sp³-hybridized carbons (Fsp3) is 0.211. The van der Waals surface area contributed by atoms with E-state index in [2.05, 4.69) is 56.8 Å². The van der Waals surface area contributed by atoms with E-state index in [1.165, 1.54) is 33.8 Å². The molecule has 0 unspecified atom stereocenters. The first-order valence-corrected chi connectivity index (χ1v) is 23.8. The predicted octanol–water partition coefficient (Wildman–Crippen LogP) is 7.86. The highest BCUT2D eigenvalue weighted by atomic mass is 127. The van der Waals surface area contributed by atoms with E-state index in [0.29, 0.717) is 5.92 Å². The predicted molar refractivity (Wildman–Crippen MR) is 232 cm³/mol. The van der Waals surface area contributed by atoms with Crippen LogP contribution >= 0.6 is 45.7 Å². The summed E-state index contributed by atoms with van der Waals surface area (Å²) in [4.78, 5) is 31.4. The lowest BCUT2D eigenvalue weighted by Crippen LogP contribution is -2.22. The zero-order valence-corrected chi connectivity index (χ0v) is 37.1. The van der Waals surface area contributed by atoms with Crippen molar-refractivity contribution in [2.24, 2.45) is 0 Å². The lowest BCUT2D eigenvalue weighted by Gasteiger charge is -2.29. The molecular weight excluding hydrogens is 990 g/mol. The SMILES string of the molecule is C[C@H](c1ccccc1C1CCC1)n1c(=O)oc2cc(S(=O)(=O)Nc3ncns3)c(F)cc21.C[C@H](c1ccccc1I)n1c(=O)oc2cc(S(=O)(=O)Nc3ncns3)c(F)cc21.